The molecule has 10 nitrogen and oxygen atoms in total. The van der Waals surface area contributed by atoms with Gasteiger partial charge in [0.25, 0.3) is 5.56 Å². The van der Waals surface area contributed by atoms with E-state index < -0.39 is 17.2 Å². The first-order valence-electron chi connectivity index (χ1n) is 13.3. The third-order valence-electron chi connectivity index (χ3n) is 7.16. The standard InChI is InChI=1S/C29H28ClF2N7O3/c1-16-13-35-22(21-4-7-34-29(37-21)38-8-5-18(6-9-38)27(40)33-3)12-24(16)39-17(2)10-25(26(30)28(39)41)42-15-23-20(32)11-19(31)14-36-23/h4,7,10-14,18H,5-6,8-9,15H2,1-3H3,(H,33,40). The molecule has 1 aliphatic rings. The number of anilines is 1. The van der Waals surface area contributed by atoms with E-state index in [1.54, 1.807) is 44.6 Å². The van der Waals surface area contributed by atoms with E-state index in [-0.39, 0.29) is 34.9 Å². The number of pyridine rings is 3. The quantitative estimate of drug-likeness (QED) is 0.338. The van der Waals surface area contributed by atoms with Gasteiger partial charge in [0.2, 0.25) is 11.9 Å². The Hall–Kier alpha value is -4.45. The van der Waals surface area contributed by atoms with Gasteiger partial charge in [0.1, 0.15) is 28.9 Å². The molecule has 13 heteroatoms. The number of amides is 1. The van der Waals surface area contributed by atoms with E-state index in [4.69, 9.17) is 21.3 Å². The number of carbonyl (C=O) groups excluding carboxylic acids is 1. The van der Waals surface area contributed by atoms with Gasteiger partial charge in [-0.15, -0.1) is 0 Å². The summed E-state index contributed by atoms with van der Waals surface area (Å²) in [4.78, 5) is 44.8. The van der Waals surface area contributed by atoms with Gasteiger partial charge in [-0.3, -0.25) is 24.1 Å². The number of ether oxygens (including phenoxy) is 1. The van der Waals surface area contributed by atoms with Gasteiger partial charge in [0.15, 0.2) is 5.82 Å². The molecule has 1 aliphatic heterocycles. The molecule has 1 saturated heterocycles. The van der Waals surface area contributed by atoms with Crippen LogP contribution in [0.3, 0.4) is 0 Å². The van der Waals surface area contributed by atoms with Crippen molar-refractivity contribution in [3.63, 3.8) is 0 Å². The fourth-order valence-corrected chi connectivity index (χ4v) is 5.06. The Morgan fingerprint density at radius 2 is 1.86 bits per heavy atom. The molecule has 5 rings (SSSR count). The molecule has 0 spiro atoms. The smallest absolute Gasteiger partial charge is 0.277 e. The highest BCUT2D eigenvalue weighted by molar-refractivity contribution is 6.31. The van der Waals surface area contributed by atoms with Gasteiger partial charge in [-0.2, -0.15) is 0 Å². The lowest BCUT2D eigenvalue weighted by molar-refractivity contribution is -0.125. The number of piperidine rings is 1. The summed E-state index contributed by atoms with van der Waals surface area (Å²) >= 11 is 6.41. The molecule has 218 valence electrons. The zero-order valence-electron chi connectivity index (χ0n) is 23.2. The average molecular weight is 596 g/mol. The van der Waals surface area contributed by atoms with Crippen LogP contribution in [-0.2, 0) is 11.4 Å². The van der Waals surface area contributed by atoms with E-state index in [9.17, 15) is 18.4 Å². The summed E-state index contributed by atoms with van der Waals surface area (Å²) < 4.78 is 34.2. The summed E-state index contributed by atoms with van der Waals surface area (Å²) in [5, 5.41) is 2.51. The molecular formula is C29H28ClF2N7O3. The van der Waals surface area contributed by atoms with Crippen LogP contribution in [0.5, 0.6) is 5.75 Å². The van der Waals surface area contributed by atoms with Crippen molar-refractivity contribution in [3.05, 3.63) is 86.8 Å². The first-order valence-corrected chi connectivity index (χ1v) is 13.7. The van der Waals surface area contributed by atoms with E-state index in [0.29, 0.717) is 60.7 Å². The van der Waals surface area contributed by atoms with Crippen molar-refractivity contribution in [1.29, 1.82) is 0 Å². The van der Waals surface area contributed by atoms with Crippen molar-refractivity contribution in [2.45, 2.75) is 33.3 Å². The van der Waals surface area contributed by atoms with Gasteiger partial charge in [-0.1, -0.05) is 11.6 Å². The second kappa shape index (κ2) is 12.2. The van der Waals surface area contributed by atoms with Crippen LogP contribution in [-0.4, -0.2) is 50.5 Å². The maximum Gasteiger partial charge on any atom is 0.277 e. The summed E-state index contributed by atoms with van der Waals surface area (Å²) in [6.07, 6.45) is 5.60. The zero-order valence-corrected chi connectivity index (χ0v) is 24.0. The van der Waals surface area contributed by atoms with Gasteiger partial charge >= 0.3 is 0 Å². The molecule has 0 bridgehead atoms. The number of hydrogen-bond acceptors (Lipinski definition) is 8. The number of aryl methyl sites for hydroxylation is 2. The lowest BCUT2D eigenvalue weighted by Gasteiger charge is -2.31. The number of hydrogen-bond donors (Lipinski definition) is 1. The Morgan fingerprint density at radius 1 is 1.10 bits per heavy atom. The van der Waals surface area contributed by atoms with E-state index in [0.717, 1.165) is 11.8 Å². The molecule has 1 amide bonds. The molecule has 0 radical (unpaired) electrons. The first kappa shape index (κ1) is 29.1. The summed E-state index contributed by atoms with van der Waals surface area (Å²) in [6.45, 7) is 4.50. The Kier molecular flexibility index (Phi) is 8.44. The predicted molar refractivity (Wildman–Crippen MR) is 153 cm³/mol. The van der Waals surface area contributed by atoms with Crippen LogP contribution in [0.25, 0.3) is 17.1 Å². The molecule has 0 aromatic carbocycles. The number of rotatable bonds is 7. The monoisotopic (exact) mass is 595 g/mol. The number of aromatic nitrogens is 5. The minimum atomic E-state index is -0.864. The van der Waals surface area contributed by atoms with E-state index in [2.05, 4.69) is 20.3 Å². The molecule has 1 fully saturated rings. The molecule has 0 unspecified atom stereocenters. The highest BCUT2D eigenvalue weighted by Gasteiger charge is 2.26. The number of nitrogens with one attached hydrogen (secondary N) is 1. The lowest BCUT2D eigenvalue weighted by atomic mass is 9.96. The Bertz CT molecular complexity index is 1710. The van der Waals surface area contributed by atoms with Crippen LogP contribution >= 0.6 is 11.6 Å². The Labute approximate surface area is 245 Å². The fraction of sp³-hybridized carbons (Fsp3) is 0.310. The number of halogens is 3. The van der Waals surface area contributed by atoms with Crippen LogP contribution in [0.15, 0.2) is 47.7 Å². The van der Waals surface area contributed by atoms with E-state index >= 15 is 0 Å². The first-order chi connectivity index (χ1) is 20.2. The average Bonchev–Trinajstić information content (AvgIpc) is 2.99. The van der Waals surface area contributed by atoms with Gasteiger partial charge in [-0.25, -0.2) is 18.7 Å². The van der Waals surface area contributed by atoms with Crippen molar-refractivity contribution >= 4 is 23.5 Å². The molecule has 1 N–H and O–H groups in total. The van der Waals surface area contributed by atoms with Crippen LogP contribution in [0, 0.1) is 31.4 Å². The lowest BCUT2D eigenvalue weighted by Crippen LogP contribution is -2.40. The topological polar surface area (TPSA) is 115 Å². The van der Waals surface area contributed by atoms with E-state index in [1.807, 2.05) is 11.8 Å². The Balaban J connectivity index is 1.41. The highest BCUT2D eigenvalue weighted by Crippen LogP contribution is 2.28. The van der Waals surface area contributed by atoms with Crippen molar-refractivity contribution in [2.75, 3.05) is 25.0 Å². The molecule has 4 aromatic heterocycles. The Morgan fingerprint density at radius 3 is 2.57 bits per heavy atom. The summed E-state index contributed by atoms with van der Waals surface area (Å²) in [5.74, 6) is -1.06. The number of carbonyl (C=O) groups is 1. The molecule has 4 aromatic rings. The van der Waals surface area contributed by atoms with Crippen molar-refractivity contribution in [2.24, 2.45) is 5.92 Å². The summed E-state index contributed by atoms with van der Waals surface area (Å²) in [5.41, 5.74) is 2.21. The second-order valence-corrected chi connectivity index (χ2v) is 10.3. The molecule has 5 heterocycles. The summed E-state index contributed by atoms with van der Waals surface area (Å²) in [6, 6.07) is 5.76. The minimum absolute atomic E-state index is 0.0262. The van der Waals surface area contributed by atoms with Gasteiger partial charge in [0, 0.05) is 56.3 Å². The van der Waals surface area contributed by atoms with Gasteiger partial charge in [0.05, 0.1) is 23.3 Å². The predicted octanol–water partition coefficient (Wildman–Crippen LogP) is 4.17. The third-order valence-corrected chi connectivity index (χ3v) is 7.51. The molecule has 0 aliphatic carbocycles. The third kappa shape index (κ3) is 5.94. The maximum absolute atomic E-state index is 14.0. The fourth-order valence-electron chi connectivity index (χ4n) is 4.86. The molecular weight excluding hydrogens is 568 g/mol. The van der Waals surface area contributed by atoms with Crippen molar-refractivity contribution in [1.82, 2.24) is 29.8 Å². The van der Waals surface area contributed by atoms with Crippen LogP contribution in [0.1, 0.15) is 29.8 Å². The van der Waals surface area contributed by atoms with Crippen LogP contribution < -0.4 is 20.5 Å². The van der Waals surface area contributed by atoms with Crippen molar-refractivity contribution in [3.8, 4) is 22.8 Å². The van der Waals surface area contributed by atoms with E-state index in [1.165, 1.54) is 4.57 Å². The SMILES string of the molecule is CNC(=O)C1CCN(c2nccc(-c3cc(-n4c(C)cc(OCc5ncc(F)cc5F)c(Cl)c4=O)c(C)cn3)n2)CC1. The highest BCUT2D eigenvalue weighted by atomic mass is 35.5. The number of nitrogens with zero attached hydrogens (tertiary/aromatic N) is 6. The summed E-state index contributed by atoms with van der Waals surface area (Å²) in [7, 11) is 1.64. The van der Waals surface area contributed by atoms with Gasteiger partial charge in [-0.05, 0) is 44.4 Å². The molecule has 0 atom stereocenters. The maximum atomic E-state index is 14.0. The zero-order chi connectivity index (χ0) is 30.0. The largest absolute Gasteiger partial charge is 0.485 e. The second-order valence-electron chi connectivity index (χ2n) is 9.95. The molecule has 0 saturated carbocycles. The van der Waals surface area contributed by atoms with Crippen LogP contribution in [0.4, 0.5) is 14.7 Å². The van der Waals surface area contributed by atoms with Crippen molar-refractivity contribution < 1.29 is 18.3 Å². The van der Waals surface area contributed by atoms with Crippen LogP contribution in [0.2, 0.25) is 5.02 Å². The van der Waals surface area contributed by atoms with Gasteiger partial charge < -0.3 is 15.0 Å². The normalized spacial score (nSPS) is 13.7. The minimum Gasteiger partial charge on any atom is -0.485 e. The molecule has 42 heavy (non-hydrogen) atoms.